The highest BCUT2D eigenvalue weighted by atomic mass is 32.1. The summed E-state index contributed by atoms with van der Waals surface area (Å²) in [6.07, 6.45) is -0.701. The van der Waals surface area contributed by atoms with E-state index in [1.54, 1.807) is 0 Å². The van der Waals surface area contributed by atoms with Gasteiger partial charge in [0.15, 0.2) is 10.4 Å². The van der Waals surface area contributed by atoms with Crippen molar-refractivity contribution in [2.75, 3.05) is 11.4 Å². The highest BCUT2D eigenvalue weighted by Gasteiger charge is 2.31. The van der Waals surface area contributed by atoms with Gasteiger partial charge in [0.25, 0.3) is 5.56 Å². The molecule has 94 valence electrons. The summed E-state index contributed by atoms with van der Waals surface area (Å²) in [4.78, 5) is 36.6. The summed E-state index contributed by atoms with van der Waals surface area (Å²) in [5.41, 5.74) is 0.0976. The van der Waals surface area contributed by atoms with E-state index in [0.29, 0.717) is 0 Å². The maximum Gasteiger partial charge on any atom is 0.278 e. The number of rotatable bonds is 1. The molecular weight excluding hydrogens is 258 g/mol. The maximum atomic E-state index is 11.8. The Kier molecular flexibility index (Phi) is 2.31. The third-order valence-corrected chi connectivity index (χ3v) is 2.94. The van der Waals surface area contributed by atoms with Gasteiger partial charge in [0.2, 0.25) is 11.9 Å². The van der Waals surface area contributed by atoms with Crippen molar-refractivity contribution in [1.82, 2.24) is 19.9 Å². The number of nitrogens with one attached hydrogen (secondary N) is 3. The molecule has 1 atom stereocenters. The van der Waals surface area contributed by atoms with Crippen LogP contribution >= 0.6 is 12.2 Å². The Balaban J connectivity index is 2.16. The van der Waals surface area contributed by atoms with E-state index in [1.165, 1.54) is 4.90 Å². The lowest BCUT2D eigenvalue weighted by molar-refractivity contribution is -0.117. The zero-order valence-corrected chi connectivity index (χ0v) is 9.87. The molecule has 0 aromatic carbocycles. The number of carbonyl (C=O) groups is 1. The van der Waals surface area contributed by atoms with Gasteiger partial charge in [-0.05, 0) is 12.2 Å². The number of hydrogen-bond donors (Lipinski definition) is 4. The van der Waals surface area contributed by atoms with Crippen LogP contribution in [0.4, 0.5) is 5.95 Å². The van der Waals surface area contributed by atoms with Crippen molar-refractivity contribution in [1.29, 1.82) is 0 Å². The van der Waals surface area contributed by atoms with Gasteiger partial charge in [-0.1, -0.05) is 0 Å². The first-order valence-electron chi connectivity index (χ1n) is 5.25. The molecule has 1 aliphatic heterocycles. The first-order valence-corrected chi connectivity index (χ1v) is 5.66. The number of H-pyrrole nitrogens is 3. The van der Waals surface area contributed by atoms with Crippen LogP contribution in [0.15, 0.2) is 4.79 Å². The molecule has 3 heterocycles. The summed E-state index contributed by atoms with van der Waals surface area (Å²) >= 11 is 4.87. The summed E-state index contributed by atoms with van der Waals surface area (Å²) in [5, 5.41) is 9.41. The summed E-state index contributed by atoms with van der Waals surface area (Å²) < 4.78 is 0.285. The lowest BCUT2D eigenvalue weighted by atomic mass is 10.3. The third kappa shape index (κ3) is 1.64. The van der Waals surface area contributed by atoms with E-state index in [-0.39, 0.29) is 40.8 Å². The Bertz CT molecular complexity index is 744. The fourth-order valence-corrected chi connectivity index (χ4v) is 2.14. The van der Waals surface area contributed by atoms with Gasteiger partial charge >= 0.3 is 0 Å². The molecule has 0 aliphatic carbocycles. The summed E-state index contributed by atoms with van der Waals surface area (Å²) in [6, 6.07) is 0. The first kappa shape index (κ1) is 11.1. The Labute approximate surface area is 105 Å². The van der Waals surface area contributed by atoms with E-state index in [0.717, 1.165) is 0 Å². The minimum absolute atomic E-state index is 0.0326. The molecule has 0 saturated carbocycles. The molecule has 0 bridgehead atoms. The first-order chi connectivity index (χ1) is 8.54. The number of β-amino-alcohol motifs (C(OH)–C–C–N with tert-alkyl or cyclic N) is 1. The number of aliphatic hydroxyl groups excluding tert-OH is 1. The van der Waals surface area contributed by atoms with Crippen molar-refractivity contribution >= 4 is 35.2 Å². The second-order valence-electron chi connectivity index (χ2n) is 4.05. The van der Waals surface area contributed by atoms with E-state index in [9.17, 15) is 14.7 Å². The molecule has 3 rings (SSSR count). The fourth-order valence-electron chi connectivity index (χ4n) is 1.94. The van der Waals surface area contributed by atoms with Crippen molar-refractivity contribution in [3.05, 3.63) is 15.1 Å². The van der Waals surface area contributed by atoms with Gasteiger partial charge in [-0.3, -0.25) is 19.5 Å². The predicted octanol–water partition coefficient (Wildman–Crippen LogP) is -0.594. The number of imidazole rings is 1. The van der Waals surface area contributed by atoms with Gasteiger partial charge in [0, 0.05) is 0 Å². The molecule has 1 amide bonds. The Morgan fingerprint density at radius 3 is 2.78 bits per heavy atom. The van der Waals surface area contributed by atoms with Crippen LogP contribution in [0.5, 0.6) is 0 Å². The van der Waals surface area contributed by atoms with Crippen LogP contribution in [0, 0.1) is 4.77 Å². The summed E-state index contributed by atoms with van der Waals surface area (Å²) in [6.45, 7) is 0.123. The van der Waals surface area contributed by atoms with Crippen LogP contribution in [0.1, 0.15) is 6.42 Å². The average Bonchev–Trinajstić information content (AvgIpc) is 2.81. The number of fused-ring (bicyclic) bond motifs is 1. The van der Waals surface area contributed by atoms with Gasteiger partial charge in [0.1, 0.15) is 5.52 Å². The van der Waals surface area contributed by atoms with Gasteiger partial charge in [-0.15, -0.1) is 0 Å². The molecule has 8 nitrogen and oxygen atoms in total. The smallest absolute Gasteiger partial charge is 0.278 e. The average molecular weight is 267 g/mol. The highest BCUT2D eigenvalue weighted by molar-refractivity contribution is 7.71. The molecule has 9 heteroatoms. The van der Waals surface area contributed by atoms with E-state index in [4.69, 9.17) is 12.2 Å². The molecule has 1 unspecified atom stereocenters. The molecule has 1 fully saturated rings. The Hall–Kier alpha value is -2.00. The van der Waals surface area contributed by atoms with Crippen LogP contribution in [0.2, 0.25) is 0 Å². The second-order valence-corrected chi connectivity index (χ2v) is 4.46. The van der Waals surface area contributed by atoms with Crippen LogP contribution in [0.3, 0.4) is 0 Å². The SMILES string of the molecule is O=C1CC(O)CN1c1nc2[nH]c(=S)[nH]c2c(=O)[nH]1. The van der Waals surface area contributed by atoms with Crippen molar-refractivity contribution in [2.45, 2.75) is 12.5 Å². The Morgan fingerprint density at radius 2 is 2.11 bits per heavy atom. The quantitative estimate of drug-likeness (QED) is 0.515. The van der Waals surface area contributed by atoms with Crippen molar-refractivity contribution < 1.29 is 9.90 Å². The highest BCUT2D eigenvalue weighted by Crippen LogP contribution is 2.17. The molecule has 1 aliphatic rings. The monoisotopic (exact) mass is 267 g/mol. The predicted molar refractivity (Wildman–Crippen MR) is 64.9 cm³/mol. The van der Waals surface area contributed by atoms with Crippen molar-refractivity contribution in [2.24, 2.45) is 0 Å². The van der Waals surface area contributed by atoms with E-state index in [1.807, 2.05) is 0 Å². The van der Waals surface area contributed by atoms with Gasteiger partial charge in [-0.25, -0.2) is 0 Å². The van der Waals surface area contributed by atoms with E-state index >= 15 is 0 Å². The van der Waals surface area contributed by atoms with Crippen LogP contribution in [0.25, 0.3) is 11.2 Å². The van der Waals surface area contributed by atoms with Crippen LogP contribution < -0.4 is 10.5 Å². The Morgan fingerprint density at radius 1 is 1.33 bits per heavy atom. The molecule has 4 N–H and O–H groups in total. The molecule has 18 heavy (non-hydrogen) atoms. The number of aromatic nitrogens is 4. The van der Waals surface area contributed by atoms with Crippen LogP contribution in [-0.2, 0) is 4.79 Å². The third-order valence-electron chi connectivity index (χ3n) is 2.74. The number of carbonyl (C=O) groups excluding carboxylic acids is 1. The molecule has 1 saturated heterocycles. The minimum atomic E-state index is -0.733. The van der Waals surface area contributed by atoms with Crippen molar-refractivity contribution in [3.8, 4) is 0 Å². The van der Waals surface area contributed by atoms with Crippen LogP contribution in [-0.4, -0.2) is 43.6 Å². The number of hydrogen-bond acceptors (Lipinski definition) is 5. The topological polar surface area (TPSA) is 118 Å². The summed E-state index contributed by atoms with van der Waals surface area (Å²) in [7, 11) is 0. The van der Waals surface area contributed by atoms with Gasteiger partial charge in [0.05, 0.1) is 19.1 Å². The lowest BCUT2D eigenvalue weighted by Crippen LogP contribution is -2.29. The largest absolute Gasteiger partial charge is 0.391 e. The minimum Gasteiger partial charge on any atom is -0.391 e. The number of aliphatic hydroxyl groups is 1. The number of amides is 1. The lowest BCUT2D eigenvalue weighted by Gasteiger charge is -2.13. The maximum absolute atomic E-state index is 11.8. The van der Waals surface area contributed by atoms with Crippen molar-refractivity contribution in [3.63, 3.8) is 0 Å². The number of aromatic amines is 3. The second kappa shape index (κ2) is 3.75. The summed E-state index contributed by atoms with van der Waals surface area (Å²) in [5.74, 6) is -0.168. The molecule has 0 spiro atoms. The molecule has 2 aromatic rings. The van der Waals surface area contributed by atoms with E-state index in [2.05, 4.69) is 19.9 Å². The van der Waals surface area contributed by atoms with Gasteiger partial charge < -0.3 is 15.1 Å². The normalized spacial score (nSPS) is 19.9. The molecular formula is C9H9N5O3S. The zero-order valence-electron chi connectivity index (χ0n) is 9.06. The number of anilines is 1. The zero-order chi connectivity index (χ0) is 12.9. The van der Waals surface area contributed by atoms with E-state index < -0.39 is 11.7 Å². The fraction of sp³-hybridized carbons (Fsp3) is 0.333. The van der Waals surface area contributed by atoms with Gasteiger partial charge in [-0.2, -0.15) is 4.98 Å². The molecule has 2 aromatic heterocycles. The molecule has 0 radical (unpaired) electrons. The standard InChI is InChI=1S/C9H9N5O3S/c15-3-1-4(16)14(2-3)8-11-6-5(7(17)13-8)10-9(18)12-6/h3,15H,1-2H2,(H3,10,11,12,13,17,18). The number of nitrogens with zero attached hydrogens (tertiary/aromatic N) is 2.